The second kappa shape index (κ2) is 4.61. The van der Waals surface area contributed by atoms with Gasteiger partial charge in [0.2, 0.25) is 5.95 Å². The summed E-state index contributed by atoms with van der Waals surface area (Å²) >= 11 is 1.67. The molecular formula is C13H19N5S. The lowest BCUT2D eigenvalue weighted by Crippen LogP contribution is -2.23. The minimum atomic E-state index is 0.486. The molecule has 5 nitrogen and oxygen atoms in total. The van der Waals surface area contributed by atoms with Crippen molar-refractivity contribution in [2.75, 3.05) is 23.9 Å². The first kappa shape index (κ1) is 12.6. The topological polar surface area (TPSA) is 67.1 Å². The molecule has 1 fully saturated rings. The van der Waals surface area contributed by atoms with E-state index in [0.29, 0.717) is 5.95 Å². The number of fused-ring (bicyclic) bond motifs is 1. The van der Waals surface area contributed by atoms with Crippen LogP contribution in [0.2, 0.25) is 0 Å². The molecule has 0 aromatic carbocycles. The number of hydrogen-bond donors (Lipinski definition) is 2. The molecule has 1 aliphatic rings. The molecule has 6 heteroatoms. The molecule has 1 aliphatic carbocycles. The van der Waals surface area contributed by atoms with Crippen LogP contribution in [-0.4, -0.2) is 23.6 Å². The number of aromatic nitrogens is 2. The van der Waals surface area contributed by atoms with Gasteiger partial charge in [-0.3, -0.25) is 5.43 Å². The van der Waals surface area contributed by atoms with Crippen molar-refractivity contribution in [1.82, 2.24) is 9.97 Å². The van der Waals surface area contributed by atoms with Gasteiger partial charge < -0.3 is 4.90 Å². The van der Waals surface area contributed by atoms with Gasteiger partial charge >= 0.3 is 0 Å². The SMILES string of the molecule is Cc1cc2c(N(C)CC3CC3C)nc(NN)nc2s1. The van der Waals surface area contributed by atoms with Gasteiger partial charge in [0.15, 0.2) is 0 Å². The van der Waals surface area contributed by atoms with Crippen LogP contribution in [0.5, 0.6) is 0 Å². The zero-order chi connectivity index (χ0) is 13.6. The van der Waals surface area contributed by atoms with E-state index in [4.69, 9.17) is 5.84 Å². The van der Waals surface area contributed by atoms with Gasteiger partial charge in [-0.2, -0.15) is 4.98 Å². The number of rotatable bonds is 4. The molecular weight excluding hydrogens is 258 g/mol. The van der Waals surface area contributed by atoms with Crippen LogP contribution in [-0.2, 0) is 0 Å². The maximum absolute atomic E-state index is 5.46. The molecule has 0 bridgehead atoms. The van der Waals surface area contributed by atoms with E-state index in [2.05, 4.69) is 47.3 Å². The molecule has 0 saturated heterocycles. The fraction of sp³-hybridized carbons (Fsp3) is 0.538. The smallest absolute Gasteiger partial charge is 0.240 e. The van der Waals surface area contributed by atoms with Crippen LogP contribution in [0, 0.1) is 18.8 Å². The summed E-state index contributed by atoms with van der Waals surface area (Å²) < 4.78 is 0. The maximum atomic E-state index is 5.46. The van der Waals surface area contributed by atoms with Gasteiger partial charge in [0.25, 0.3) is 0 Å². The number of aryl methyl sites for hydroxylation is 1. The second-order valence-electron chi connectivity index (χ2n) is 5.44. The molecule has 0 spiro atoms. The van der Waals surface area contributed by atoms with Crippen LogP contribution in [0.15, 0.2) is 6.07 Å². The van der Waals surface area contributed by atoms with E-state index in [1.165, 1.54) is 11.3 Å². The summed E-state index contributed by atoms with van der Waals surface area (Å²) in [6.07, 6.45) is 1.32. The fourth-order valence-corrected chi connectivity index (χ4v) is 3.35. The molecule has 3 N–H and O–H groups in total. The summed E-state index contributed by atoms with van der Waals surface area (Å²) in [4.78, 5) is 13.4. The van der Waals surface area contributed by atoms with Crippen LogP contribution in [0.1, 0.15) is 18.2 Å². The molecule has 2 heterocycles. The predicted molar refractivity (Wildman–Crippen MR) is 80.5 cm³/mol. The van der Waals surface area contributed by atoms with Crippen LogP contribution in [0.4, 0.5) is 11.8 Å². The third-order valence-corrected chi connectivity index (χ3v) is 4.72. The van der Waals surface area contributed by atoms with Crippen molar-refractivity contribution in [3.05, 3.63) is 10.9 Å². The van der Waals surface area contributed by atoms with Crippen molar-refractivity contribution >= 4 is 33.3 Å². The largest absolute Gasteiger partial charge is 0.359 e. The maximum Gasteiger partial charge on any atom is 0.240 e. The monoisotopic (exact) mass is 277 g/mol. The summed E-state index contributed by atoms with van der Waals surface area (Å²) in [5.74, 6) is 8.56. The van der Waals surface area contributed by atoms with E-state index in [-0.39, 0.29) is 0 Å². The Balaban J connectivity index is 1.99. The molecule has 2 atom stereocenters. The van der Waals surface area contributed by atoms with Crippen molar-refractivity contribution in [2.45, 2.75) is 20.3 Å². The molecule has 19 heavy (non-hydrogen) atoms. The van der Waals surface area contributed by atoms with Crippen molar-refractivity contribution in [2.24, 2.45) is 17.7 Å². The fourth-order valence-electron chi connectivity index (χ4n) is 2.47. The highest BCUT2D eigenvalue weighted by atomic mass is 32.1. The Hall–Kier alpha value is -1.40. The van der Waals surface area contributed by atoms with E-state index in [1.807, 2.05) is 0 Å². The number of nitrogen functional groups attached to an aromatic ring is 1. The predicted octanol–water partition coefficient (Wildman–Crippen LogP) is 2.38. The molecule has 102 valence electrons. The Morgan fingerprint density at radius 1 is 1.53 bits per heavy atom. The molecule has 3 rings (SSSR count). The van der Waals surface area contributed by atoms with Crippen LogP contribution < -0.4 is 16.2 Å². The van der Waals surface area contributed by atoms with Gasteiger partial charge in [0, 0.05) is 18.5 Å². The average Bonchev–Trinajstić information content (AvgIpc) is 2.92. The molecule has 1 saturated carbocycles. The number of thiophene rings is 1. The number of hydrazine groups is 1. The average molecular weight is 277 g/mol. The third-order valence-electron chi connectivity index (χ3n) is 3.77. The minimum Gasteiger partial charge on any atom is -0.359 e. The Morgan fingerprint density at radius 2 is 2.26 bits per heavy atom. The normalized spacial score (nSPS) is 21.7. The molecule has 0 amide bonds. The zero-order valence-corrected chi connectivity index (χ0v) is 12.3. The van der Waals surface area contributed by atoms with E-state index >= 15 is 0 Å². The number of nitrogens with zero attached hydrogens (tertiary/aromatic N) is 3. The van der Waals surface area contributed by atoms with Crippen molar-refractivity contribution < 1.29 is 0 Å². The second-order valence-corrected chi connectivity index (χ2v) is 6.68. The summed E-state index contributed by atoms with van der Waals surface area (Å²) in [5, 5.41) is 1.12. The lowest BCUT2D eigenvalue weighted by molar-refractivity contribution is 0.721. The van der Waals surface area contributed by atoms with Gasteiger partial charge in [0.05, 0.1) is 5.39 Å². The molecule has 2 aromatic heterocycles. The van der Waals surface area contributed by atoms with Gasteiger partial charge in [0.1, 0.15) is 10.6 Å². The molecule has 0 radical (unpaired) electrons. The highest BCUT2D eigenvalue weighted by molar-refractivity contribution is 7.18. The van der Waals surface area contributed by atoms with Gasteiger partial charge in [-0.25, -0.2) is 10.8 Å². The lowest BCUT2D eigenvalue weighted by Gasteiger charge is -2.19. The Morgan fingerprint density at radius 3 is 2.89 bits per heavy atom. The number of hydrogen-bond acceptors (Lipinski definition) is 6. The van der Waals surface area contributed by atoms with Gasteiger partial charge in [-0.1, -0.05) is 6.92 Å². The van der Waals surface area contributed by atoms with E-state index in [0.717, 1.165) is 34.4 Å². The Kier molecular flexibility index (Phi) is 3.06. The lowest BCUT2D eigenvalue weighted by atomic mass is 10.3. The van der Waals surface area contributed by atoms with Crippen molar-refractivity contribution in [1.29, 1.82) is 0 Å². The number of nitrogens with one attached hydrogen (secondary N) is 1. The van der Waals surface area contributed by atoms with Gasteiger partial charge in [-0.05, 0) is 31.2 Å². The Bertz CT molecular complexity index is 608. The minimum absolute atomic E-state index is 0.486. The Labute approximate surface area is 116 Å². The standard InChI is InChI=1S/C13H19N5S/c1-7-4-9(7)6-18(3)11-10-5-8(2)19-12(10)16-13(15-11)17-14/h5,7,9H,4,6,14H2,1-3H3,(H,15,16,17). The number of anilines is 2. The first-order chi connectivity index (χ1) is 9.08. The van der Waals surface area contributed by atoms with Gasteiger partial charge in [-0.15, -0.1) is 11.3 Å². The van der Waals surface area contributed by atoms with Crippen LogP contribution in [0.3, 0.4) is 0 Å². The van der Waals surface area contributed by atoms with E-state index in [9.17, 15) is 0 Å². The molecule has 2 aromatic rings. The molecule has 2 unspecified atom stereocenters. The third kappa shape index (κ3) is 2.37. The summed E-state index contributed by atoms with van der Waals surface area (Å²) in [5.41, 5.74) is 2.56. The summed E-state index contributed by atoms with van der Waals surface area (Å²) in [7, 11) is 2.10. The molecule has 0 aliphatic heterocycles. The zero-order valence-electron chi connectivity index (χ0n) is 11.5. The summed E-state index contributed by atoms with van der Waals surface area (Å²) in [6.45, 7) is 5.44. The highest BCUT2D eigenvalue weighted by Gasteiger charge is 2.33. The van der Waals surface area contributed by atoms with Crippen LogP contribution in [0.25, 0.3) is 10.2 Å². The first-order valence-corrected chi connectivity index (χ1v) is 7.36. The van der Waals surface area contributed by atoms with E-state index in [1.54, 1.807) is 11.3 Å². The summed E-state index contributed by atoms with van der Waals surface area (Å²) in [6, 6.07) is 2.16. The number of nitrogens with two attached hydrogens (primary N) is 1. The van der Waals surface area contributed by atoms with E-state index < -0.39 is 0 Å². The quantitative estimate of drug-likeness (QED) is 0.663. The van der Waals surface area contributed by atoms with Crippen molar-refractivity contribution in [3.8, 4) is 0 Å². The first-order valence-electron chi connectivity index (χ1n) is 6.54. The van der Waals surface area contributed by atoms with Crippen molar-refractivity contribution in [3.63, 3.8) is 0 Å². The van der Waals surface area contributed by atoms with Crippen LogP contribution >= 0.6 is 11.3 Å². The highest BCUT2D eigenvalue weighted by Crippen LogP contribution is 2.39.